The highest BCUT2D eigenvalue weighted by atomic mass is 16.5. The summed E-state index contributed by atoms with van der Waals surface area (Å²) < 4.78 is 11.6. The van der Waals surface area contributed by atoms with E-state index in [0.29, 0.717) is 31.9 Å². The Morgan fingerprint density at radius 3 is 2.83 bits per heavy atom. The number of nitrogens with two attached hydrogens (primary N) is 1. The third kappa shape index (κ3) is 5.06. The lowest BCUT2D eigenvalue weighted by atomic mass is 9.91. The molecule has 0 spiro atoms. The predicted molar refractivity (Wildman–Crippen MR) is 129 cm³/mol. The molecule has 36 heavy (non-hydrogen) atoms. The lowest BCUT2D eigenvalue weighted by Gasteiger charge is -2.29. The Bertz CT molecular complexity index is 1340. The second-order valence-corrected chi connectivity index (χ2v) is 8.94. The second-order valence-electron chi connectivity index (χ2n) is 8.94. The zero-order valence-corrected chi connectivity index (χ0v) is 19.7. The van der Waals surface area contributed by atoms with Gasteiger partial charge in [0.15, 0.2) is 0 Å². The van der Waals surface area contributed by atoms with Crippen molar-refractivity contribution in [1.29, 1.82) is 0 Å². The van der Waals surface area contributed by atoms with Crippen molar-refractivity contribution in [3.8, 4) is 11.4 Å². The van der Waals surface area contributed by atoms with E-state index in [1.165, 1.54) is 12.4 Å². The first-order chi connectivity index (χ1) is 17.5. The molecular weight excluding hydrogens is 468 g/mol. The molecule has 5 rings (SSSR count). The Kier molecular flexibility index (Phi) is 6.91. The first kappa shape index (κ1) is 23.9. The molecule has 4 N–H and O–H groups in total. The van der Waals surface area contributed by atoms with Crippen LogP contribution in [0, 0.1) is 0 Å². The summed E-state index contributed by atoms with van der Waals surface area (Å²) in [6.45, 7) is 1.77. The van der Waals surface area contributed by atoms with E-state index in [1.807, 2.05) is 0 Å². The van der Waals surface area contributed by atoms with Crippen LogP contribution < -0.4 is 22.3 Å². The third-order valence-corrected chi connectivity index (χ3v) is 6.52. The number of ether oxygens (including phenoxy) is 1. The van der Waals surface area contributed by atoms with Gasteiger partial charge in [0.25, 0.3) is 11.5 Å². The molecule has 190 valence electrons. The second kappa shape index (κ2) is 10.4. The van der Waals surface area contributed by atoms with Gasteiger partial charge in [-0.2, -0.15) is 4.98 Å². The quantitative estimate of drug-likeness (QED) is 0.427. The number of aromatic nitrogens is 5. The predicted octanol–water partition coefficient (Wildman–Crippen LogP) is 0.184. The zero-order chi connectivity index (χ0) is 25.1. The van der Waals surface area contributed by atoms with Gasteiger partial charge in [-0.15, -0.1) is 0 Å². The van der Waals surface area contributed by atoms with Crippen molar-refractivity contribution < 1.29 is 14.1 Å². The molecule has 3 aromatic rings. The van der Waals surface area contributed by atoms with Gasteiger partial charge < -0.3 is 30.2 Å². The normalized spacial score (nSPS) is 20.3. The van der Waals surface area contributed by atoms with Crippen LogP contribution in [0.4, 0.5) is 5.69 Å². The number of H-pyrrole nitrogens is 1. The standard InChI is InChI=1S/C23H28N8O5/c24-15-3-1-2-4-16(15)27-18-12-26-23(34)31(22(18)33)13-19-28-20(29-36-19)14-5-6-25-17(11-14)21(32)30-7-9-35-10-8-30/h5-6,11-12,15-16,27H,1-4,7-10,13,24H2,(H,26,34)/t15-,16+/m0/s1. The molecule has 3 aromatic heterocycles. The molecule has 1 aliphatic carbocycles. The fourth-order valence-corrected chi connectivity index (χ4v) is 4.48. The summed E-state index contributed by atoms with van der Waals surface area (Å²) in [4.78, 5) is 50.9. The first-order valence-corrected chi connectivity index (χ1v) is 12.0. The highest BCUT2D eigenvalue weighted by Gasteiger charge is 2.24. The van der Waals surface area contributed by atoms with E-state index in [1.54, 1.807) is 17.0 Å². The maximum Gasteiger partial charge on any atom is 0.328 e. The number of morpholine rings is 1. The molecule has 0 bridgehead atoms. The molecule has 2 atom stereocenters. The largest absolute Gasteiger partial charge is 0.378 e. The monoisotopic (exact) mass is 496 g/mol. The topological polar surface area (TPSA) is 174 Å². The molecule has 4 heterocycles. The summed E-state index contributed by atoms with van der Waals surface area (Å²) in [7, 11) is 0. The molecule has 1 saturated heterocycles. The summed E-state index contributed by atoms with van der Waals surface area (Å²) >= 11 is 0. The Morgan fingerprint density at radius 2 is 2.03 bits per heavy atom. The average Bonchev–Trinajstić information content (AvgIpc) is 3.38. The molecular formula is C23H28N8O5. The van der Waals surface area contributed by atoms with Crippen LogP contribution in [0.1, 0.15) is 42.1 Å². The maximum atomic E-state index is 13.0. The number of carbonyl (C=O) groups excluding carboxylic acids is 1. The van der Waals surface area contributed by atoms with Gasteiger partial charge in [-0.05, 0) is 25.0 Å². The Balaban J connectivity index is 1.33. The molecule has 0 aromatic carbocycles. The molecule has 2 fully saturated rings. The Labute approximate surface area is 205 Å². The Morgan fingerprint density at radius 1 is 1.22 bits per heavy atom. The Hall–Kier alpha value is -3.84. The van der Waals surface area contributed by atoms with Gasteiger partial charge in [-0.25, -0.2) is 9.36 Å². The van der Waals surface area contributed by atoms with Crippen LogP contribution >= 0.6 is 0 Å². The number of rotatable bonds is 6. The fourth-order valence-electron chi connectivity index (χ4n) is 4.48. The van der Waals surface area contributed by atoms with Gasteiger partial charge in [0.1, 0.15) is 17.9 Å². The van der Waals surface area contributed by atoms with Crippen LogP contribution in [0.3, 0.4) is 0 Å². The van der Waals surface area contributed by atoms with Gasteiger partial charge in [-0.1, -0.05) is 18.0 Å². The number of hydrogen-bond donors (Lipinski definition) is 3. The summed E-state index contributed by atoms with van der Waals surface area (Å²) in [5, 5.41) is 7.14. The van der Waals surface area contributed by atoms with Gasteiger partial charge in [0.2, 0.25) is 11.7 Å². The summed E-state index contributed by atoms with van der Waals surface area (Å²) in [5.74, 6) is 0.0845. The van der Waals surface area contributed by atoms with Gasteiger partial charge in [0.05, 0.1) is 13.2 Å². The molecule has 13 nitrogen and oxygen atoms in total. The van der Waals surface area contributed by atoms with E-state index in [9.17, 15) is 14.4 Å². The number of nitrogens with one attached hydrogen (secondary N) is 2. The van der Waals surface area contributed by atoms with Crippen molar-refractivity contribution in [2.45, 2.75) is 44.3 Å². The number of amides is 1. The summed E-state index contributed by atoms with van der Waals surface area (Å²) in [5.41, 5.74) is 6.14. The minimum Gasteiger partial charge on any atom is -0.378 e. The summed E-state index contributed by atoms with van der Waals surface area (Å²) in [6, 6.07) is 3.14. The zero-order valence-electron chi connectivity index (χ0n) is 19.7. The molecule has 1 amide bonds. The van der Waals surface area contributed by atoms with Crippen molar-refractivity contribution in [3.63, 3.8) is 0 Å². The van der Waals surface area contributed by atoms with Crippen molar-refractivity contribution in [1.82, 2.24) is 29.6 Å². The number of anilines is 1. The van der Waals surface area contributed by atoms with Crippen LogP contribution in [0.2, 0.25) is 0 Å². The van der Waals surface area contributed by atoms with Crippen LogP contribution in [0.5, 0.6) is 0 Å². The maximum absolute atomic E-state index is 13.0. The molecule has 2 aliphatic rings. The number of hydrogen-bond acceptors (Lipinski definition) is 10. The lowest BCUT2D eigenvalue weighted by molar-refractivity contribution is 0.0299. The molecule has 0 unspecified atom stereocenters. The lowest BCUT2D eigenvalue weighted by Crippen LogP contribution is -2.45. The first-order valence-electron chi connectivity index (χ1n) is 12.0. The van der Waals surface area contributed by atoms with Crippen LogP contribution in [-0.4, -0.2) is 73.9 Å². The van der Waals surface area contributed by atoms with E-state index >= 15 is 0 Å². The molecule has 1 aliphatic heterocycles. The smallest absolute Gasteiger partial charge is 0.328 e. The fraction of sp³-hybridized carbons (Fsp3) is 0.478. The average molecular weight is 497 g/mol. The van der Waals surface area contributed by atoms with Crippen molar-refractivity contribution in [2.24, 2.45) is 5.73 Å². The van der Waals surface area contributed by atoms with E-state index in [4.69, 9.17) is 15.0 Å². The number of carbonyl (C=O) groups is 1. The van der Waals surface area contributed by atoms with Crippen molar-refractivity contribution in [3.05, 3.63) is 56.9 Å². The van der Waals surface area contributed by atoms with E-state index in [2.05, 4.69) is 25.4 Å². The molecule has 0 radical (unpaired) electrons. The highest BCUT2D eigenvalue weighted by molar-refractivity contribution is 5.93. The molecule has 1 saturated carbocycles. The minimum absolute atomic E-state index is 0.0399. The van der Waals surface area contributed by atoms with Crippen molar-refractivity contribution >= 4 is 11.6 Å². The summed E-state index contributed by atoms with van der Waals surface area (Å²) in [6.07, 6.45) is 6.70. The van der Waals surface area contributed by atoms with Gasteiger partial charge >= 0.3 is 5.69 Å². The third-order valence-electron chi connectivity index (χ3n) is 6.52. The van der Waals surface area contributed by atoms with Gasteiger partial charge in [-0.3, -0.25) is 14.6 Å². The van der Waals surface area contributed by atoms with E-state index < -0.39 is 11.2 Å². The van der Waals surface area contributed by atoms with E-state index in [-0.39, 0.29) is 47.6 Å². The molecule has 13 heteroatoms. The van der Waals surface area contributed by atoms with E-state index in [0.717, 1.165) is 30.3 Å². The number of nitrogens with zero attached hydrogens (tertiary/aromatic N) is 5. The number of aromatic amines is 1. The minimum atomic E-state index is -0.597. The SMILES string of the molecule is N[C@H]1CCCC[C@H]1Nc1c[nH]c(=O)n(Cc2nc(-c3ccnc(C(=O)N4CCOCC4)c3)no2)c1=O. The number of pyridine rings is 1. The van der Waals surface area contributed by atoms with Crippen LogP contribution in [-0.2, 0) is 11.3 Å². The van der Waals surface area contributed by atoms with Gasteiger partial charge in [0, 0.05) is 43.1 Å². The van der Waals surface area contributed by atoms with Crippen LogP contribution in [0.15, 0.2) is 38.6 Å². The van der Waals surface area contributed by atoms with Crippen LogP contribution in [0.25, 0.3) is 11.4 Å². The van der Waals surface area contributed by atoms with Crippen molar-refractivity contribution in [2.75, 3.05) is 31.6 Å². The highest BCUT2D eigenvalue weighted by Crippen LogP contribution is 2.20.